The molecule has 0 rings (SSSR count). The monoisotopic (exact) mass is 213 g/mol. The molecular formula is C13H27NO. The molecule has 0 fully saturated rings. The van der Waals surface area contributed by atoms with E-state index in [2.05, 4.69) is 12.1 Å². The van der Waals surface area contributed by atoms with Gasteiger partial charge in [-0.1, -0.05) is 63.9 Å². The second kappa shape index (κ2) is 11.5. The molecule has 0 heterocycles. The summed E-state index contributed by atoms with van der Waals surface area (Å²) in [4.78, 5) is 0. The molecule has 0 aliphatic rings. The molecule has 0 atom stereocenters. The summed E-state index contributed by atoms with van der Waals surface area (Å²) < 4.78 is 0. The first-order valence-electron chi connectivity index (χ1n) is 6.54. The van der Waals surface area contributed by atoms with E-state index < -0.39 is 0 Å². The van der Waals surface area contributed by atoms with E-state index in [4.69, 9.17) is 5.21 Å². The van der Waals surface area contributed by atoms with Crippen LogP contribution in [0.1, 0.15) is 78.1 Å². The van der Waals surface area contributed by atoms with Crippen LogP contribution in [0.25, 0.3) is 0 Å². The Morgan fingerprint density at radius 3 is 1.87 bits per heavy atom. The number of oxime groups is 1. The highest BCUT2D eigenvalue weighted by molar-refractivity contribution is 5.83. The maximum Gasteiger partial charge on any atom is 0.0568 e. The first-order chi connectivity index (χ1) is 7.35. The second-order valence-electron chi connectivity index (χ2n) is 4.24. The molecule has 0 spiro atoms. The van der Waals surface area contributed by atoms with Crippen molar-refractivity contribution in [3.8, 4) is 0 Å². The molecule has 2 heteroatoms. The topological polar surface area (TPSA) is 32.6 Å². The van der Waals surface area contributed by atoms with E-state index in [0.717, 1.165) is 18.6 Å². The molecule has 0 bridgehead atoms. The highest BCUT2D eigenvalue weighted by atomic mass is 16.4. The van der Waals surface area contributed by atoms with Crippen molar-refractivity contribution in [3.05, 3.63) is 0 Å². The van der Waals surface area contributed by atoms with E-state index in [1.165, 1.54) is 51.4 Å². The lowest BCUT2D eigenvalue weighted by Gasteiger charge is -2.02. The Labute approximate surface area is 94.8 Å². The van der Waals surface area contributed by atoms with Crippen molar-refractivity contribution in [2.75, 3.05) is 0 Å². The van der Waals surface area contributed by atoms with E-state index in [-0.39, 0.29) is 0 Å². The Morgan fingerprint density at radius 1 is 0.867 bits per heavy atom. The zero-order valence-corrected chi connectivity index (χ0v) is 10.5. The van der Waals surface area contributed by atoms with Gasteiger partial charge in [-0.25, -0.2) is 0 Å². The van der Waals surface area contributed by atoms with Crippen molar-refractivity contribution in [3.63, 3.8) is 0 Å². The van der Waals surface area contributed by atoms with Crippen molar-refractivity contribution in [1.29, 1.82) is 0 Å². The molecule has 0 radical (unpaired) electrons. The van der Waals surface area contributed by atoms with E-state index >= 15 is 0 Å². The molecule has 0 saturated carbocycles. The van der Waals surface area contributed by atoms with Crippen LogP contribution in [0.4, 0.5) is 0 Å². The third kappa shape index (κ3) is 9.77. The third-order valence-electron chi connectivity index (χ3n) is 2.87. The van der Waals surface area contributed by atoms with Gasteiger partial charge < -0.3 is 5.21 Å². The van der Waals surface area contributed by atoms with E-state index in [0.29, 0.717) is 0 Å². The molecule has 0 unspecified atom stereocenters. The smallest absolute Gasteiger partial charge is 0.0568 e. The minimum absolute atomic E-state index is 0.882. The molecule has 0 amide bonds. The Hall–Kier alpha value is -0.530. The first kappa shape index (κ1) is 14.5. The molecule has 90 valence electrons. The van der Waals surface area contributed by atoms with Gasteiger partial charge in [-0.3, -0.25) is 0 Å². The quantitative estimate of drug-likeness (QED) is 0.241. The molecule has 0 aromatic carbocycles. The lowest BCUT2D eigenvalue weighted by molar-refractivity contribution is 0.316. The van der Waals surface area contributed by atoms with Crippen molar-refractivity contribution >= 4 is 5.71 Å². The summed E-state index contributed by atoms with van der Waals surface area (Å²) in [6.45, 7) is 4.29. The minimum atomic E-state index is 0.882. The minimum Gasteiger partial charge on any atom is -0.411 e. The van der Waals surface area contributed by atoms with Crippen LogP contribution >= 0.6 is 0 Å². The standard InChI is InChI=1S/C13H27NO/c1-3-5-6-7-8-9-10-11-12-13(4-2)14-15/h15H,3-12H2,1-2H3/b14-13+. The maximum absolute atomic E-state index is 8.61. The Bertz CT molecular complexity index is 155. The zero-order chi connectivity index (χ0) is 11.4. The van der Waals surface area contributed by atoms with Crippen LogP contribution in [-0.4, -0.2) is 10.9 Å². The number of unbranched alkanes of at least 4 members (excludes halogenated alkanes) is 7. The van der Waals surface area contributed by atoms with Crippen molar-refractivity contribution in [2.24, 2.45) is 5.16 Å². The predicted molar refractivity (Wildman–Crippen MR) is 66.7 cm³/mol. The molecule has 0 saturated heterocycles. The van der Waals surface area contributed by atoms with Gasteiger partial charge in [0.15, 0.2) is 0 Å². The fraction of sp³-hybridized carbons (Fsp3) is 0.923. The van der Waals surface area contributed by atoms with Crippen LogP contribution < -0.4 is 0 Å². The van der Waals surface area contributed by atoms with Gasteiger partial charge in [-0.2, -0.15) is 0 Å². The maximum atomic E-state index is 8.61. The predicted octanol–water partition coefficient (Wildman–Crippen LogP) is 4.76. The summed E-state index contributed by atoms with van der Waals surface area (Å²) in [5.41, 5.74) is 0.945. The highest BCUT2D eigenvalue weighted by Crippen LogP contribution is 2.10. The molecule has 1 N–H and O–H groups in total. The SMILES string of the molecule is CCCCCCCCCC/C(CC)=N/O. The molecule has 0 aromatic heterocycles. The van der Waals surface area contributed by atoms with Gasteiger partial charge in [-0.15, -0.1) is 0 Å². The van der Waals surface area contributed by atoms with E-state index in [1.807, 2.05) is 6.92 Å². The number of hydrogen-bond acceptors (Lipinski definition) is 2. The Balaban J connectivity index is 3.11. The zero-order valence-electron chi connectivity index (χ0n) is 10.5. The average Bonchev–Trinajstić information content (AvgIpc) is 2.27. The first-order valence-corrected chi connectivity index (χ1v) is 6.54. The van der Waals surface area contributed by atoms with Crippen molar-refractivity contribution in [1.82, 2.24) is 0 Å². The summed E-state index contributed by atoms with van der Waals surface area (Å²) in [5, 5.41) is 11.9. The average molecular weight is 213 g/mol. The Kier molecular flexibility index (Phi) is 11.1. The number of rotatable bonds is 10. The lowest BCUT2D eigenvalue weighted by atomic mass is 10.1. The summed E-state index contributed by atoms with van der Waals surface area (Å²) in [6, 6.07) is 0. The fourth-order valence-electron chi connectivity index (χ4n) is 1.76. The van der Waals surface area contributed by atoms with Crippen molar-refractivity contribution in [2.45, 2.75) is 78.1 Å². The van der Waals surface area contributed by atoms with Crippen LogP contribution in [0.15, 0.2) is 5.16 Å². The van der Waals surface area contributed by atoms with Crippen molar-refractivity contribution < 1.29 is 5.21 Å². The van der Waals surface area contributed by atoms with E-state index in [9.17, 15) is 0 Å². The van der Waals surface area contributed by atoms with Gasteiger partial charge in [0.2, 0.25) is 0 Å². The number of hydrogen-bond donors (Lipinski definition) is 1. The normalized spacial score (nSPS) is 12.0. The summed E-state index contributed by atoms with van der Waals surface area (Å²) in [5.74, 6) is 0. The van der Waals surface area contributed by atoms with Gasteiger partial charge in [0.05, 0.1) is 5.71 Å². The van der Waals surface area contributed by atoms with Gasteiger partial charge in [-0.05, 0) is 19.3 Å². The van der Waals surface area contributed by atoms with Crippen LogP contribution in [0.3, 0.4) is 0 Å². The fourth-order valence-corrected chi connectivity index (χ4v) is 1.76. The molecule has 15 heavy (non-hydrogen) atoms. The lowest BCUT2D eigenvalue weighted by Crippen LogP contribution is -1.95. The molecule has 0 aliphatic heterocycles. The highest BCUT2D eigenvalue weighted by Gasteiger charge is 1.97. The molecular weight excluding hydrogens is 186 g/mol. The van der Waals surface area contributed by atoms with Gasteiger partial charge >= 0.3 is 0 Å². The Morgan fingerprint density at radius 2 is 1.40 bits per heavy atom. The number of nitrogens with zero attached hydrogens (tertiary/aromatic N) is 1. The molecule has 0 aliphatic carbocycles. The van der Waals surface area contributed by atoms with Crippen LogP contribution in [-0.2, 0) is 0 Å². The van der Waals surface area contributed by atoms with Crippen LogP contribution in [0.5, 0.6) is 0 Å². The third-order valence-corrected chi connectivity index (χ3v) is 2.87. The molecule has 2 nitrogen and oxygen atoms in total. The summed E-state index contributed by atoms with van der Waals surface area (Å²) in [7, 11) is 0. The summed E-state index contributed by atoms with van der Waals surface area (Å²) in [6.07, 6.45) is 12.5. The van der Waals surface area contributed by atoms with E-state index in [1.54, 1.807) is 0 Å². The van der Waals surface area contributed by atoms with Gasteiger partial charge in [0.1, 0.15) is 0 Å². The molecule has 0 aromatic rings. The summed E-state index contributed by atoms with van der Waals surface area (Å²) >= 11 is 0. The largest absolute Gasteiger partial charge is 0.411 e. The van der Waals surface area contributed by atoms with Crippen LogP contribution in [0.2, 0.25) is 0 Å². The second-order valence-corrected chi connectivity index (χ2v) is 4.24. The van der Waals surface area contributed by atoms with Crippen LogP contribution in [0, 0.1) is 0 Å². The van der Waals surface area contributed by atoms with Gasteiger partial charge in [0.25, 0.3) is 0 Å². The van der Waals surface area contributed by atoms with Gasteiger partial charge in [0, 0.05) is 0 Å².